The van der Waals surface area contributed by atoms with Crippen LogP contribution in [-0.4, -0.2) is 26.9 Å². The quantitative estimate of drug-likeness (QED) is 0.284. The monoisotopic (exact) mass is 482 g/mol. The number of nitrogens with one attached hydrogen (secondary N) is 1. The molecule has 4 N–H and O–H groups in total. The summed E-state index contributed by atoms with van der Waals surface area (Å²) in [6.07, 6.45) is 0. The van der Waals surface area contributed by atoms with Gasteiger partial charge in [-0.3, -0.25) is 14.9 Å². The zero-order valence-corrected chi connectivity index (χ0v) is 15.8. The number of carboxylic acids is 1. The molecule has 0 spiro atoms. The lowest BCUT2D eigenvalue weighted by molar-refractivity contribution is -0.383. The van der Waals surface area contributed by atoms with E-state index in [1.54, 1.807) is 12.1 Å². The lowest BCUT2D eigenvalue weighted by atomic mass is 10.1. The van der Waals surface area contributed by atoms with Gasteiger partial charge in [0, 0.05) is 15.3 Å². The number of rotatable bonds is 5. The number of carbonyl (C=O) groups excluding carboxylic acids is 1. The smallest absolute Gasteiger partial charge is 0.338 e. The normalized spacial score (nSPS) is 10.7. The van der Waals surface area contributed by atoms with Crippen molar-refractivity contribution in [2.75, 3.05) is 5.32 Å². The van der Waals surface area contributed by atoms with Crippen molar-refractivity contribution in [2.45, 2.75) is 6.92 Å². The first-order valence-electron chi connectivity index (χ1n) is 7.37. The number of hydrogen-bond acceptors (Lipinski definition) is 7. The molecule has 1 aromatic heterocycles. The van der Waals surface area contributed by atoms with Crippen LogP contribution in [0.3, 0.4) is 0 Å². The van der Waals surface area contributed by atoms with Gasteiger partial charge in [0.15, 0.2) is 11.1 Å². The summed E-state index contributed by atoms with van der Waals surface area (Å²) in [5, 5.41) is 23.8. The largest absolute Gasteiger partial charge is 0.478 e. The van der Waals surface area contributed by atoms with Crippen LogP contribution >= 0.6 is 22.6 Å². The number of primary amides is 1. The average molecular weight is 482 g/mol. The number of nitro groups is 1. The number of carbonyl (C=O) groups is 2. The van der Waals surface area contributed by atoms with Crippen LogP contribution in [-0.2, 0) is 0 Å². The molecule has 0 aliphatic rings. The molecule has 0 fully saturated rings. The Balaban J connectivity index is 2.33. The number of nitro benzene ring substituents is 1. The van der Waals surface area contributed by atoms with Crippen LogP contribution in [0.25, 0.3) is 11.1 Å². The number of carboxylic acid groups (broad SMARTS) is 1. The van der Waals surface area contributed by atoms with Gasteiger partial charge in [-0.1, -0.05) is 0 Å². The fraction of sp³-hybridized carbons (Fsp3) is 0.0625. The fourth-order valence-electron chi connectivity index (χ4n) is 2.50. The summed E-state index contributed by atoms with van der Waals surface area (Å²) >= 11 is 2.13. The molecule has 0 aliphatic carbocycles. The molecule has 3 aromatic rings. The standard InChI is InChI=1S/C16H11IN4O6/c1-6-4-7(17)2-3-9(6)19-11-8(16(23)24)5-10(21(25)26)12-13(11)27-15(20-12)14(18)22/h2-5,19H,1H3,(H2,18,22)(H,23,24). The van der Waals surface area contributed by atoms with Gasteiger partial charge in [0.1, 0.15) is 0 Å². The maximum Gasteiger partial charge on any atom is 0.338 e. The Kier molecular flexibility index (Phi) is 4.70. The summed E-state index contributed by atoms with van der Waals surface area (Å²) in [6.45, 7) is 1.81. The van der Waals surface area contributed by atoms with Crippen LogP contribution in [0.15, 0.2) is 28.7 Å². The second kappa shape index (κ2) is 6.83. The van der Waals surface area contributed by atoms with E-state index < -0.39 is 33.9 Å². The maximum absolute atomic E-state index is 11.7. The number of benzene rings is 2. The minimum Gasteiger partial charge on any atom is -0.478 e. The topological polar surface area (TPSA) is 162 Å². The number of amides is 1. The van der Waals surface area contributed by atoms with Crippen LogP contribution in [0, 0.1) is 20.6 Å². The number of oxazole rings is 1. The van der Waals surface area contributed by atoms with E-state index in [1.807, 2.05) is 13.0 Å². The molecule has 0 unspecified atom stereocenters. The number of hydrogen-bond donors (Lipinski definition) is 3. The number of aromatic carboxylic acids is 1. The first-order valence-corrected chi connectivity index (χ1v) is 8.45. The Morgan fingerprint density at radius 2 is 2.07 bits per heavy atom. The van der Waals surface area contributed by atoms with E-state index in [0.717, 1.165) is 15.2 Å². The predicted molar refractivity (Wildman–Crippen MR) is 103 cm³/mol. The molecule has 0 radical (unpaired) electrons. The lowest BCUT2D eigenvalue weighted by Crippen LogP contribution is -2.10. The van der Waals surface area contributed by atoms with E-state index in [1.165, 1.54) is 0 Å². The van der Waals surface area contributed by atoms with Gasteiger partial charge in [-0.15, -0.1) is 0 Å². The Morgan fingerprint density at radius 3 is 2.63 bits per heavy atom. The number of anilines is 2. The lowest BCUT2D eigenvalue weighted by Gasteiger charge is -2.12. The van der Waals surface area contributed by atoms with Crippen LogP contribution in [0.5, 0.6) is 0 Å². The summed E-state index contributed by atoms with van der Waals surface area (Å²) in [4.78, 5) is 37.4. The van der Waals surface area contributed by atoms with Gasteiger partial charge in [0.2, 0.25) is 0 Å². The van der Waals surface area contributed by atoms with Crippen molar-refractivity contribution >= 4 is 62.6 Å². The Labute approximate surface area is 164 Å². The van der Waals surface area contributed by atoms with Crippen molar-refractivity contribution in [1.82, 2.24) is 4.98 Å². The molecule has 11 heteroatoms. The highest BCUT2D eigenvalue weighted by Gasteiger charge is 2.28. The highest BCUT2D eigenvalue weighted by atomic mass is 127. The molecule has 0 saturated carbocycles. The Morgan fingerprint density at radius 1 is 1.37 bits per heavy atom. The summed E-state index contributed by atoms with van der Waals surface area (Å²) < 4.78 is 6.23. The molecule has 0 bridgehead atoms. The predicted octanol–water partition coefficient (Wildman–Crippen LogP) is 3.19. The van der Waals surface area contributed by atoms with E-state index in [4.69, 9.17) is 10.2 Å². The number of aromatic nitrogens is 1. The van der Waals surface area contributed by atoms with Gasteiger partial charge in [-0.05, 0) is 53.3 Å². The molecule has 0 aliphatic heterocycles. The first kappa shape index (κ1) is 18.6. The minimum atomic E-state index is -1.41. The molecule has 0 saturated heterocycles. The SMILES string of the molecule is Cc1cc(I)ccc1Nc1c(C(=O)O)cc([N+](=O)[O-])c2nc(C(N)=O)oc12. The molecular weight excluding hydrogens is 471 g/mol. The number of halogens is 1. The van der Waals surface area contributed by atoms with E-state index in [2.05, 4.69) is 32.9 Å². The summed E-state index contributed by atoms with van der Waals surface area (Å²) in [5.74, 6) is -3.01. The number of nitrogens with zero attached hydrogens (tertiary/aromatic N) is 2. The number of fused-ring (bicyclic) bond motifs is 1. The summed E-state index contributed by atoms with van der Waals surface area (Å²) in [5.41, 5.74) is 4.92. The van der Waals surface area contributed by atoms with E-state index in [0.29, 0.717) is 5.69 Å². The highest BCUT2D eigenvalue weighted by molar-refractivity contribution is 14.1. The van der Waals surface area contributed by atoms with Crippen molar-refractivity contribution < 1.29 is 24.0 Å². The van der Waals surface area contributed by atoms with Crippen molar-refractivity contribution in [3.63, 3.8) is 0 Å². The number of aryl methyl sites for hydroxylation is 1. The van der Waals surface area contributed by atoms with Gasteiger partial charge in [0.05, 0.1) is 16.2 Å². The Hall–Kier alpha value is -3.22. The zero-order chi connectivity index (χ0) is 19.9. The van der Waals surface area contributed by atoms with Gasteiger partial charge >= 0.3 is 11.9 Å². The van der Waals surface area contributed by atoms with E-state index in [9.17, 15) is 24.8 Å². The second-order valence-electron chi connectivity index (χ2n) is 5.53. The van der Waals surface area contributed by atoms with Gasteiger partial charge in [-0.25, -0.2) is 4.79 Å². The Bertz CT molecular complexity index is 1120. The molecular formula is C16H11IN4O6. The highest BCUT2D eigenvalue weighted by Crippen LogP contribution is 2.37. The molecule has 138 valence electrons. The molecule has 10 nitrogen and oxygen atoms in total. The van der Waals surface area contributed by atoms with Crippen LogP contribution in [0.1, 0.15) is 26.6 Å². The molecule has 2 aromatic carbocycles. The van der Waals surface area contributed by atoms with Crippen LogP contribution < -0.4 is 11.1 Å². The third-order valence-corrected chi connectivity index (χ3v) is 4.40. The van der Waals surface area contributed by atoms with Crippen molar-refractivity contribution in [1.29, 1.82) is 0 Å². The summed E-state index contributed by atoms with van der Waals surface area (Å²) in [6, 6.07) is 6.25. The number of nitrogens with two attached hydrogens (primary N) is 1. The molecule has 3 rings (SSSR count). The minimum absolute atomic E-state index is 0.0626. The van der Waals surface area contributed by atoms with Gasteiger partial charge < -0.3 is 20.6 Å². The van der Waals surface area contributed by atoms with E-state index >= 15 is 0 Å². The zero-order valence-electron chi connectivity index (χ0n) is 13.6. The molecule has 27 heavy (non-hydrogen) atoms. The van der Waals surface area contributed by atoms with Crippen molar-refractivity contribution in [2.24, 2.45) is 5.73 Å². The van der Waals surface area contributed by atoms with Gasteiger partial charge in [-0.2, -0.15) is 4.98 Å². The third-order valence-electron chi connectivity index (χ3n) is 3.73. The van der Waals surface area contributed by atoms with Crippen molar-refractivity contribution in [3.05, 3.63) is 55.0 Å². The second-order valence-corrected chi connectivity index (χ2v) is 6.77. The average Bonchev–Trinajstić information content (AvgIpc) is 3.02. The third kappa shape index (κ3) is 3.40. The van der Waals surface area contributed by atoms with Crippen LogP contribution in [0.2, 0.25) is 0 Å². The maximum atomic E-state index is 11.7. The van der Waals surface area contributed by atoms with E-state index in [-0.39, 0.29) is 16.8 Å². The molecule has 1 heterocycles. The fourth-order valence-corrected chi connectivity index (χ4v) is 3.15. The van der Waals surface area contributed by atoms with Crippen molar-refractivity contribution in [3.8, 4) is 0 Å². The van der Waals surface area contributed by atoms with Crippen LogP contribution in [0.4, 0.5) is 17.1 Å². The molecule has 1 amide bonds. The summed E-state index contributed by atoms with van der Waals surface area (Å²) in [7, 11) is 0. The first-order chi connectivity index (χ1) is 12.7. The molecule has 0 atom stereocenters. The number of non-ortho nitro benzene ring substituents is 1. The van der Waals surface area contributed by atoms with Gasteiger partial charge in [0.25, 0.3) is 11.6 Å².